The molecule has 2 aromatic heterocycles. The van der Waals surface area contributed by atoms with Gasteiger partial charge >= 0.3 is 5.97 Å². The summed E-state index contributed by atoms with van der Waals surface area (Å²) in [5.41, 5.74) is 2.65. The van der Waals surface area contributed by atoms with E-state index in [0.717, 1.165) is 49.7 Å². The van der Waals surface area contributed by atoms with Gasteiger partial charge in [-0.2, -0.15) is 0 Å². The predicted molar refractivity (Wildman–Crippen MR) is 135 cm³/mol. The highest BCUT2D eigenvalue weighted by Crippen LogP contribution is 2.35. The quantitative estimate of drug-likeness (QED) is 0.371. The standard InChI is InChI=1S/C28H36FN3O3/c1-31-15-5-7-21(31)6-3-4-16-32-17-13-20(25(19-32)28(33)34)8-10-26(29)23-12-14-30-27-11-9-22(35-2)18-24(23)27/h5,7,9,11-12,14-15,18,20,25-26H,3-4,6,8,10,13,16-17,19H2,1-2H3,(H,33,34)/t20-,25+,26+/m1/s1. The molecule has 0 amide bonds. The molecule has 0 bridgehead atoms. The minimum absolute atomic E-state index is 0.00648. The Morgan fingerprint density at radius 3 is 2.89 bits per heavy atom. The molecule has 188 valence electrons. The normalized spacial score (nSPS) is 19.6. The molecular formula is C28H36FN3O3. The van der Waals surface area contributed by atoms with Crippen LogP contribution in [0.3, 0.4) is 0 Å². The van der Waals surface area contributed by atoms with Gasteiger partial charge in [-0.3, -0.25) is 9.78 Å². The summed E-state index contributed by atoms with van der Waals surface area (Å²) >= 11 is 0. The maximum Gasteiger partial charge on any atom is 0.308 e. The lowest BCUT2D eigenvalue weighted by molar-refractivity contribution is -0.146. The van der Waals surface area contributed by atoms with E-state index >= 15 is 4.39 Å². The van der Waals surface area contributed by atoms with E-state index < -0.39 is 18.1 Å². The number of aryl methyl sites for hydroxylation is 2. The van der Waals surface area contributed by atoms with Gasteiger partial charge in [-0.05, 0) is 99.5 Å². The molecule has 3 atom stereocenters. The SMILES string of the molecule is COc1ccc2nccc([C@@H](F)CC[C@@H]3CCN(CCCCc4cccn4C)C[C@@H]3C(=O)O)c2c1. The van der Waals surface area contributed by atoms with E-state index in [1.807, 2.05) is 18.2 Å². The van der Waals surface area contributed by atoms with Crippen molar-refractivity contribution in [2.24, 2.45) is 18.9 Å². The van der Waals surface area contributed by atoms with Gasteiger partial charge in [-0.1, -0.05) is 0 Å². The zero-order chi connectivity index (χ0) is 24.8. The number of pyridine rings is 1. The van der Waals surface area contributed by atoms with Crippen LogP contribution >= 0.6 is 0 Å². The second kappa shape index (κ2) is 11.7. The lowest BCUT2D eigenvalue weighted by Gasteiger charge is -2.37. The van der Waals surface area contributed by atoms with Crippen molar-refractivity contribution in [3.63, 3.8) is 0 Å². The molecule has 4 rings (SSSR count). The average Bonchev–Trinajstić information content (AvgIpc) is 3.29. The van der Waals surface area contributed by atoms with Crippen molar-refractivity contribution in [1.82, 2.24) is 14.5 Å². The monoisotopic (exact) mass is 481 g/mol. The number of carboxylic acid groups (broad SMARTS) is 1. The fraction of sp³-hybridized carbons (Fsp3) is 0.500. The number of halogens is 1. The summed E-state index contributed by atoms with van der Waals surface area (Å²) in [5.74, 6) is -0.551. The number of hydrogen-bond donors (Lipinski definition) is 1. The first-order valence-electron chi connectivity index (χ1n) is 12.6. The van der Waals surface area contributed by atoms with Gasteiger partial charge in [-0.25, -0.2) is 4.39 Å². The van der Waals surface area contributed by atoms with Gasteiger partial charge in [0.15, 0.2) is 0 Å². The number of carbonyl (C=O) groups is 1. The number of ether oxygens (including phenoxy) is 1. The smallest absolute Gasteiger partial charge is 0.308 e. The highest BCUT2D eigenvalue weighted by Gasteiger charge is 2.34. The summed E-state index contributed by atoms with van der Waals surface area (Å²) in [5, 5.41) is 10.6. The molecule has 35 heavy (non-hydrogen) atoms. The summed E-state index contributed by atoms with van der Waals surface area (Å²) in [6.07, 6.45) is 7.37. The van der Waals surface area contributed by atoms with Crippen molar-refractivity contribution < 1.29 is 19.0 Å². The van der Waals surface area contributed by atoms with Crippen LogP contribution in [0.1, 0.15) is 49.5 Å². The van der Waals surface area contributed by atoms with E-state index in [-0.39, 0.29) is 5.92 Å². The molecule has 6 nitrogen and oxygen atoms in total. The first kappa shape index (κ1) is 25.2. The number of benzene rings is 1. The highest BCUT2D eigenvalue weighted by atomic mass is 19.1. The molecule has 1 N–H and O–H groups in total. The number of nitrogens with zero attached hydrogens (tertiary/aromatic N) is 3. The Morgan fingerprint density at radius 1 is 1.29 bits per heavy atom. The third-order valence-corrected chi connectivity index (χ3v) is 7.48. The fourth-order valence-electron chi connectivity index (χ4n) is 5.36. The number of aromatic nitrogens is 2. The molecular weight excluding hydrogens is 445 g/mol. The number of alkyl halides is 1. The molecule has 0 radical (unpaired) electrons. The summed E-state index contributed by atoms with van der Waals surface area (Å²) in [7, 11) is 3.65. The second-order valence-corrected chi connectivity index (χ2v) is 9.69. The lowest BCUT2D eigenvalue weighted by atomic mass is 9.81. The predicted octanol–water partition coefficient (Wildman–Crippen LogP) is 5.42. The van der Waals surface area contributed by atoms with Gasteiger partial charge in [-0.15, -0.1) is 0 Å². The van der Waals surface area contributed by atoms with E-state index in [0.29, 0.717) is 30.7 Å². The Labute approximate surface area is 206 Å². The minimum Gasteiger partial charge on any atom is -0.497 e. The largest absolute Gasteiger partial charge is 0.497 e. The molecule has 0 aliphatic carbocycles. The molecule has 1 aliphatic heterocycles. The summed E-state index contributed by atoms with van der Waals surface area (Å²) in [6, 6.07) is 11.4. The molecule has 3 aromatic rings. The Hall–Kier alpha value is -2.93. The number of rotatable bonds is 11. The van der Waals surface area contributed by atoms with Crippen LogP contribution in [0.25, 0.3) is 10.9 Å². The number of carboxylic acids is 1. The molecule has 1 saturated heterocycles. The van der Waals surface area contributed by atoms with Crippen molar-refractivity contribution in [3.8, 4) is 5.75 Å². The Morgan fingerprint density at radius 2 is 2.14 bits per heavy atom. The molecule has 3 heterocycles. The molecule has 1 aromatic carbocycles. The van der Waals surface area contributed by atoms with Crippen LogP contribution < -0.4 is 4.74 Å². The third-order valence-electron chi connectivity index (χ3n) is 7.48. The highest BCUT2D eigenvalue weighted by molar-refractivity contribution is 5.83. The van der Waals surface area contributed by atoms with E-state index in [1.165, 1.54) is 5.69 Å². The molecule has 0 saturated carbocycles. The maximum atomic E-state index is 15.4. The Balaban J connectivity index is 1.30. The minimum atomic E-state index is -1.17. The van der Waals surface area contributed by atoms with Gasteiger partial charge in [0, 0.05) is 37.1 Å². The van der Waals surface area contributed by atoms with Crippen molar-refractivity contribution in [2.45, 2.75) is 44.7 Å². The van der Waals surface area contributed by atoms with Gasteiger partial charge < -0.3 is 19.3 Å². The first-order valence-corrected chi connectivity index (χ1v) is 12.6. The van der Waals surface area contributed by atoms with Crippen molar-refractivity contribution >= 4 is 16.9 Å². The third kappa shape index (κ3) is 6.20. The van der Waals surface area contributed by atoms with Gasteiger partial charge in [0.25, 0.3) is 0 Å². The van der Waals surface area contributed by atoms with E-state index in [2.05, 4.69) is 39.8 Å². The molecule has 0 spiro atoms. The molecule has 0 unspecified atom stereocenters. The average molecular weight is 482 g/mol. The Kier molecular flexibility index (Phi) is 8.39. The summed E-state index contributed by atoms with van der Waals surface area (Å²) in [6.45, 7) is 2.35. The van der Waals surface area contributed by atoms with E-state index in [4.69, 9.17) is 4.74 Å². The Bertz CT molecular complexity index is 1130. The van der Waals surface area contributed by atoms with Gasteiger partial charge in [0.2, 0.25) is 0 Å². The van der Waals surface area contributed by atoms with E-state index in [1.54, 1.807) is 19.4 Å². The fourth-order valence-corrected chi connectivity index (χ4v) is 5.36. The summed E-state index contributed by atoms with van der Waals surface area (Å²) < 4.78 is 22.8. The zero-order valence-corrected chi connectivity index (χ0v) is 20.7. The van der Waals surface area contributed by atoms with Crippen LogP contribution in [0.5, 0.6) is 5.75 Å². The van der Waals surface area contributed by atoms with Gasteiger partial charge in [0.05, 0.1) is 18.5 Å². The number of hydrogen-bond acceptors (Lipinski definition) is 4. The second-order valence-electron chi connectivity index (χ2n) is 9.69. The van der Waals surface area contributed by atoms with Crippen LogP contribution in [-0.2, 0) is 18.3 Å². The van der Waals surface area contributed by atoms with E-state index in [9.17, 15) is 9.90 Å². The molecule has 7 heteroatoms. The van der Waals surface area contributed by atoms with Crippen LogP contribution in [-0.4, -0.2) is 52.3 Å². The van der Waals surface area contributed by atoms with Gasteiger partial charge in [0.1, 0.15) is 11.9 Å². The molecule has 1 aliphatic rings. The van der Waals surface area contributed by atoms with Crippen molar-refractivity contribution in [3.05, 3.63) is 60.0 Å². The first-order chi connectivity index (χ1) is 17.0. The van der Waals surface area contributed by atoms with Crippen molar-refractivity contribution in [1.29, 1.82) is 0 Å². The zero-order valence-electron chi connectivity index (χ0n) is 20.7. The lowest BCUT2D eigenvalue weighted by Crippen LogP contribution is -2.44. The van der Waals surface area contributed by atoms with Crippen LogP contribution in [0.15, 0.2) is 48.8 Å². The number of likely N-dealkylation sites (tertiary alicyclic amines) is 1. The summed E-state index contributed by atoms with van der Waals surface area (Å²) in [4.78, 5) is 18.7. The number of methoxy groups -OCH3 is 1. The number of unbranched alkanes of at least 4 members (excludes halogenated alkanes) is 1. The van der Waals surface area contributed by atoms with Crippen LogP contribution in [0, 0.1) is 11.8 Å². The van der Waals surface area contributed by atoms with Crippen LogP contribution in [0.4, 0.5) is 4.39 Å². The molecule has 1 fully saturated rings. The number of fused-ring (bicyclic) bond motifs is 1. The number of aliphatic carboxylic acids is 1. The van der Waals surface area contributed by atoms with Crippen molar-refractivity contribution in [2.75, 3.05) is 26.7 Å². The van der Waals surface area contributed by atoms with Crippen LogP contribution in [0.2, 0.25) is 0 Å². The topological polar surface area (TPSA) is 67.6 Å². The number of piperidine rings is 1. The maximum absolute atomic E-state index is 15.4.